The van der Waals surface area contributed by atoms with Crippen molar-refractivity contribution in [3.8, 4) is 0 Å². The van der Waals surface area contributed by atoms with Crippen LogP contribution >= 0.6 is 0 Å². The Bertz CT molecular complexity index is 3120. The molecule has 0 heterocycles. The van der Waals surface area contributed by atoms with Crippen molar-refractivity contribution >= 4 is 114 Å². The lowest BCUT2D eigenvalue weighted by Gasteiger charge is -2.44. The molecule has 0 spiro atoms. The molecule has 4 N–H and O–H groups in total. The Morgan fingerprint density at radius 2 is 0.263 bits per heavy atom. The number of rotatable bonds is 20. The highest BCUT2D eigenvalue weighted by Crippen LogP contribution is 2.25. The maximum Gasteiger partial charge on any atom is 0.396 e. The third-order valence-corrected chi connectivity index (χ3v) is 37.1. The van der Waals surface area contributed by atoms with Gasteiger partial charge in [-0.05, 0) is 62.2 Å². The molecule has 0 unspecified atom stereocenters. The van der Waals surface area contributed by atoms with Gasteiger partial charge in [0.1, 0.15) is 0 Å². The Morgan fingerprint density at radius 3 is 0.400 bits per heavy atom. The first-order valence-electron chi connectivity index (χ1n) is 26.5. The third kappa shape index (κ3) is 10.7. The van der Waals surface area contributed by atoms with Crippen LogP contribution in [0.1, 0.15) is 0 Å². The average molecular weight is 1150 g/mol. The molecule has 0 saturated carbocycles. The van der Waals surface area contributed by atoms with Crippen LogP contribution in [0.3, 0.4) is 0 Å². The first kappa shape index (κ1) is 54.4. The van der Waals surface area contributed by atoms with Crippen LogP contribution in [0.15, 0.2) is 328 Å². The van der Waals surface area contributed by atoms with Gasteiger partial charge in [-0.2, -0.15) is 0 Å². The van der Waals surface area contributed by atoms with Gasteiger partial charge in [-0.15, -0.1) is 0 Å². The van der Waals surface area contributed by atoms with Crippen molar-refractivity contribution in [2.45, 2.75) is 0 Å². The summed E-state index contributed by atoms with van der Waals surface area (Å²) in [5.74, 6) is 0. The standard InChI is InChI=1S/C66H58O8Si6/c67-75(55-31-11-1-12-32-55,56-33-13-2-14-34-56)71-79(63-47-27-9-28-48-63,72-76(68,57-35-15-3-16-36-57)58-37-17-4-18-38-58)65-51-53-66(54-52-65)80(64-49-29-10-30-50-64,73-77(69,59-39-19-5-20-40-59)60-41-21-6-22-42-60)74-78(70,61-43-23-7-24-44-61)62-45-25-8-26-46-62/h1-54,67-70H. The molecule has 11 aromatic rings. The van der Waals surface area contributed by atoms with E-state index in [4.69, 9.17) is 16.5 Å². The Kier molecular flexibility index (Phi) is 16.1. The van der Waals surface area contributed by atoms with Crippen molar-refractivity contribution in [3.63, 3.8) is 0 Å². The first-order chi connectivity index (χ1) is 39.1. The van der Waals surface area contributed by atoms with Crippen molar-refractivity contribution < 1.29 is 35.6 Å². The van der Waals surface area contributed by atoms with Crippen molar-refractivity contribution in [1.82, 2.24) is 0 Å². The summed E-state index contributed by atoms with van der Waals surface area (Å²) in [4.78, 5) is 55.6. The van der Waals surface area contributed by atoms with Gasteiger partial charge in [-0.25, -0.2) is 0 Å². The van der Waals surface area contributed by atoms with E-state index in [1.54, 1.807) is 0 Å². The maximum absolute atomic E-state index is 13.9. The second-order valence-electron chi connectivity index (χ2n) is 19.5. The van der Waals surface area contributed by atoms with Gasteiger partial charge in [-0.3, -0.25) is 0 Å². The van der Waals surface area contributed by atoms with E-state index in [0.29, 0.717) is 62.2 Å². The molecule has 0 aromatic heterocycles. The monoisotopic (exact) mass is 1150 g/mol. The fourth-order valence-corrected chi connectivity index (χ4v) is 35.3. The van der Waals surface area contributed by atoms with E-state index in [9.17, 15) is 19.2 Å². The smallest absolute Gasteiger partial charge is 0.396 e. The topological polar surface area (TPSA) is 118 Å². The molecule has 0 saturated heterocycles. The van der Waals surface area contributed by atoms with Crippen LogP contribution in [0.5, 0.6) is 0 Å². The zero-order valence-corrected chi connectivity index (χ0v) is 49.6. The van der Waals surface area contributed by atoms with Crippen LogP contribution in [0.25, 0.3) is 0 Å². The molecule has 80 heavy (non-hydrogen) atoms. The maximum atomic E-state index is 13.9. The molecule has 394 valence electrons. The van der Waals surface area contributed by atoms with E-state index in [1.807, 2.05) is 328 Å². The van der Waals surface area contributed by atoms with Crippen molar-refractivity contribution in [1.29, 1.82) is 0 Å². The van der Waals surface area contributed by atoms with E-state index in [1.165, 1.54) is 0 Å². The van der Waals surface area contributed by atoms with Gasteiger partial charge in [-0.1, -0.05) is 328 Å². The van der Waals surface area contributed by atoms with Crippen LogP contribution in [0.2, 0.25) is 0 Å². The average Bonchev–Trinajstić information content (AvgIpc) is 3.73. The van der Waals surface area contributed by atoms with Gasteiger partial charge in [0.25, 0.3) is 0 Å². The summed E-state index contributed by atoms with van der Waals surface area (Å²) in [6, 6.07) is 103. The van der Waals surface area contributed by atoms with Gasteiger partial charge < -0.3 is 35.6 Å². The highest BCUT2D eigenvalue weighted by atomic mass is 28.5. The largest absolute Gasteiger partial charge is 0.404 e. The van der Waals surface area contributed by atoms with Crippen LogP contribution < -0.4 is 62.2 Å². The highest BCUT2D eigenvalue weighted by molar-refractivity contribution is 7.10. The zero-order valence-electron chi connectivity index (χ0n) is 43.6. The van der Waals surface area contributed by atoms with Gasteiger partial charge in [0.15, 0.2) is 0 Å². The lowest BCUT2D eigenvalue weighted by molar-refractivity contribution is 0.318. The van der Waals surface area contributed by atoms with E-state index < -0.39 is 51.4 Å². The molecule has 0 atom stereocenters. The SMILES string of the molecule is O[Si](O[Si](O[Si](O)(c1ccccc1)c1ccccc1)(c1ccccc1)c1ccc([Si](O[Si](O)(c2ccccc2)c2ccccc2)(O[Si](O)(c2ccccc2)c2ccccc2)c2ccccc2)cc1)(c1ccccc1)c1ccccc1. The quantitative estimate of drug-likeness (QED) is 0.0852. The third-order valence-electron chi connectivity index (χ3n) is 14.4. The van der Waals surface area contributed by atoms with E-state index in [0.717, 1.165) is 0 Å². The second kappa shape index (κ2) is 23.6. The summed E-state index contributed by atoms with van der Waals surface area (Å²) in [5.41, 5.74) is 0. The van der Waals surface area contributed by atoms with Crippen LogP contribution in [0.4, 0.5) is 0 Å². The predicted octanol–water partition coefficient (Wildman–Crippen LogP) is 3.86. The summed E-state index contributed by atoms with van der Waals surface area (Å²) < 4.78 is 31.5. The number of hydrogen-bond donors (Lipinski definition) is 4. The molecule has 0 aliphatic rings. The highest BCUT2D eigenvalue weighted by Gasteiger charge is 2.60. The Hall–Kier alpha value is -7.60. The van der Waals surface area contributed by atoms with Gasteiger partial charge in [0.2, 0.25) is 0 Å². The van der Waals surface area contributed by atoms with E-state index in [2.05, 4.69) is 0 Å². The Morgan fingerprint density at radius 1 is 0.150 bits per heavy atom. The molecular weight excluding hydrogens is 1090 g/mol. The second-order valence-corrected chi connectivity index (χ2v) is 37.3. The first-order valence-corrected chi connectivity index (χ1v) is 37.5. The number of hydrogen-bond acceptors (Lipinski definition) is 8. The zero-order chi connectivity index (χ0) is 54.9. The molecule has 0 bridgehead atoms. The Labute approximate surface area is 473 Å². The fourth-order valence-electron chi connectivity index (χ4n) is 10.4. The lowest BCUT2D eigenvalue weighted by Crippen LogP contribution is -2.80. The summed E-state index contributed by atoms with van der Waals surface area (Å²) in [7, 11) is -26.6. The van der Waals surface area contributed by atoms with E-state index in [-0.39, 0.29) is 0 Å². The van der Waals surface area contributed by atoms with Crippen LogP contribution in [0, 0.1) is 0 Å². The van der Waals surface area contributed by atoms with E-state index >= 15 is 0 Å². The summed E-state index contributed by atoms with van der Waals surface area (Å²) in [6.07, 6.45) is 0. The normalized spacial score (nSPS) is 12.4. The van der Waals surface area contributed by atoms with Crippen molar-refractivity contribution in [3.05, 3.63) is 328 Å². The number of benzene rings is 11. The van der Waals surface area contributed by atoms with Crippen LogP contribution in [-0.4, -0.2) is 70.5 Å². The van der Waals surface area contributed by atoms with Crippen LogP contribution in [-0.2, 0) is 16.5 Å². The summed E-state index contributed by atoms with van der Waals surface area (Å²) >= 11 is 0. The molecule has 0 aliphatic heterocycles. The molecule has 0 amide bonds. The minimum Gasteiger partial charge on any atom is -0.404 e. The lowest BCUT2D eigenvalue weighted by atomic mass is 10.3. The van der Waals surface area contributed by atoms with Crippen molar-refractivity contribution in [2.24, 2.45) is 0 Å². The minimum atomic E-state index is -4.54. The molecule has 0 fully saturated rings. The van der Waals surface area contributed by atoms with Crippen molar-refractivity contribution in [2.75, 3.05) is 0 Å². The molecule has 0 aliphatic carbocycles. The minimum absolute atomic E-state index is 0.552. The summed E-state index contributed by atoms with van der Waals surface area (Å²) in [6.45, 7) is 0. The molecular formula is C66H58O8Si6. The molecule has 8 nitrogen and oxygen atoms in total. The van der Waals surface area contributed by atoms with Gasteiger partial charge in [0, 0.05) is 0 Å². The molecule has 11 aromatic carbocycles. The van der Waals surface area contributed by atoms with Gasteiger partial charge >= 0.3 is 51.4 Å². The molecule has 0 radical (unpaired) electrons. The molecule has 11 rings (SSSR count). The summed E-state index contributed by atoms with van der Waals surface area (Å²) in [5, 5.41) is 7.02. The Balaban J connectivity index is 1.22. The predicted molar refractivity (Wildman–Crippen MR) is 334 cm³/mol. The molecule has 14 heteroatoms. The fraction of sp³-hybridized carbons (Fsp3) is 0. The van der Waals surface area contributed by atoms with Gasteiger partial charge in [0.05, 0.1) is 0 Å².